The van der Waals surface area contributed by atoms with Crippen LogP contribution in [0.25, 0.3) is 0 Å². The van der Waals surface area contributed by atoms with Crippen molar-refractivity contribution in [2.75, 3.05) is 26.4 Å². The molecule has 0 amide bonds. The first-order chi connectivity index (χ1) is 25.0. The van der Waals surface area contributed by atoms with Crippen molar-refractivity contribution in [2.24, 2.45) is 0 Å². The van der Waals surface area contributed by atoms with E-state index >= 15 is 0 Å². The zero-order valence-corrected chi connectivity index (χ0v) is 30.8. The van der Waals surface area contributed by atoms with Crippen LogP contribution in [0.5, 0.6) is 0 Å². The summed E-state index contributed by atoms with van der Waals surface area (Å²) < 4.78 is 32.9. The Kier molecular flexibility index (Phi) is 23.7. The smallest absolute Gasteiger partial charge is 0.306 e. The summed E-state index contributed by atoms with van der Waals surface area (Å²) in [4.78, 5) is 24.9. The van der Waals surface area contributed by atoms with E-state index in [1.807, 2.05) is 6.92 Å². The van der Waals surface area contributed by atoms with Crippen LogP contribution in [-0.4, -0.2) is 142 Å². The van der Waals surface area contributed by atoms with Crippen molar-refractivity contribution < 1.29 is 73.8 Å². The van der Waals surface area contributed by atoms with E-state index in [-0.39, 0.29) is 26.1 Å². The van der Waals surface area contributed by atoms with Crippen LogP contribution in [-0.2, 0) is 38.0 Å². The van der Waals surface area contributed by atoms with Gasteiger partial charge in [-0.2, -0.15) is 0 Å². The number of unbranched alkanes of at least 4 members (excludes halogenated alkanes) is 8. The zero-order valence-electron chi connectivity index (χ0n) is 30.8. The van der Waals surface area contributed by atoms with Crippen molar-refractivity contribution in [3.8, 4) is 0 Å². The molecule has 2 saturated heterocycles. The second-order valence-corrected chi connectivity index (χ2v) is 13.4. The molecule has 302 valence electrons. The third-order valence-electron chi connectivity index (χ3n) is 8.93. The van der Waals surface area contributed by atoms with Gasteiger partial charge in [0.1, 0.15) is 55.4 Å². The third-order valence-corrected chi connectivity index (χ3v) is 8.93. The molecule has 15 nitrogen and oxygen atoms in total. The average Bonchev–Trinajstić information content (AvgIpc) is 3.14. The number of rotatable bonds is 26. The van der Waals surface area contributed by atoms with Crippen LogP contribution in [0.3, 0.4) is 0 Å². The molecule has 0 aromatic heterocycles. The number of esters is 2. The van der Waals surface area contributed by atoms with E-state index in [1.165, 1.54) is 12.8 Å². The number of carbonyl (C=O) groups is 2. The van der Waals surface area contributed by atoms with Gasteiger partial charge in [0.15, 0.2) is 18.7 Å². The van der Waals surface area contributed by atoms with Gasteiger partial charge in [-0.05, 0) is 38.5 Å². The van der Waals surface area contributed by atoms with Gasteiger partial charge in [0, 0.05) is 12.8 Å². The number of hydrogen-bond donors (Lipinski definition) is 7. The normalized spacial score (nSPS) is 30.2. The van der Waals surface area contributed by atoms with Crippen LogP contribution in [0.1, 0.15) is 104 Å². The lowest BCUT2D eigenvalue weighted by Gasteiger charge is -2.42. The highest BCUT2D eigenvalue weighted by Crippen LogP contribution is 2.26. The molecule has 2 aliphatic heterocycles. The van der Waals surface area contributed by atoms with Crippen LogP contribution >= 0.6 is 0 Å². The Balaban J connectivity index is 1.84. The Hall–Kier alpha value is -2.02. The van der Waals surface area contributed by atoms with Gasteiger partial charge in [0.2, 0.25) is 0 Å². The molecule has 0 bridgehead atoms. The molecule has 0 radical (unpaired) electrons. The summed E-state index contributed by atoms with van der Waals surface area (Å²) in [5.41, 5.74) is 0. The molecule has 52 heavy (non-hydrogen) atoms. The van der Waals surface area contributed by atoms with Crippen molar-refractivity contribution in [1.29, 1.82) is 0 Å². The Labute approximate surface area is 307 Å². The summed E-state index contributed by atoms with van der Waals surface area (Å²) >= 11 is 0. The first-order valence-corrected chi connectivity index (χ1v) is 18.9. The van der Waals surface area contributed by atoms with Crippen molar-refractivity contribution >= 4 is 11.9 Å². The molecule has 0 aromatic rings. The molecular weight excluding hydrogens is 684 g/mol. The van der Waals surface area contributed by atoms with Gasteiger partial charge in [-0.25, -0.2) is 0 Å². The lowest BCUT2D eigenvalue weighted by atomic mass is 9.98. The molecule has 2 rings (SSSR count). The maximum atomic E-state index is 12.7. The SMILES string of the molecule is CCCC/C=C\C/C=C\CCCCCCCC(=O)OC(COC(=O)CCCC)COC1OC(COC2OC(CO)C(O)C(O)C2O)C(O)C(O)C1O. The molecule has 15 heteroatoms. The molecule has 2 fully saturated rings. The van der Waals surface area contributed by atoms with Crippen LogP contribution in [0.4, 0.5) is 0 Å². The highest BCUT2D eigenvalue weighted by Gasteiger charge is 2.47. The van der Waals surface area contributed by atoms with E-state index in [9.17, 15) is 45.3 Å². The topological polar surface area (TPSA) is 231 Å². The predicted molar refractivity (Wildman–Crippen MR) is 187 cm³/mol. The van der Waals surface area contributed by atoms with Crippen LogP contribution < -0.4 is 0 Å². The minimum absolute atomic E-state index is 0.148. The predicted octanol–water partition coefficient (Wildman–Crippen LogP) is 1.70. The summed E-state index contributed by atoms with van der Waals surface area (Å²) in [6.45, 7) is 2.21. The Morgan fingerprint density at radius 2 is 1.17 bits per heavy atom. The number of allylic oxidation sites excluding steroid dienone is 4. The van der Waals surface area contributed by atoms with Crippen LogP contribution in [0.15, 0.2) is 24.3 Å². The van der Waals surface area contributed by atoms with E-state index in [2.05, 4.69) is 31.2 Å². The number of carbonyl (C=O) groups excluding carboxylic acids is 2. The number of ether oxygens (including phenoxy) is 6. The largest absolute Gasteiger partial charge is 0.462 e. The van der Waals surface area contributed by atoms with E-state index in [0.29, 0.717) is 12.8 Å². The minimum atomic E-state index is -1.76. The fourth-order valence-corrected chi connectivity index (χ4v) is 5.62. The standard InChI is InChI=1S/C37H64O15/c1-3-5-7-8-9-10-11-12-13-14-15-16-17-18-20-29(40)50-25(22-47-28(39)19-6-4-2)23-48-36-35(46)33(44)31(42)27(52-36)24-49-37-34(45)32(43)30(41)26(21-38)51-37/h8-9,11-12,25-27,30-38,41-46H,3-7,10,13-24H2,1-2H3/b9-8-,12-11-. The highest BCUT2D eigenvalue weighted by atomic mass is 16.7. The molecule has 2 heterocycles. The monoisotopic (exact) mass is 748 g/mol. The van der Waals surface area contributed by atoms with E-state index < -0.39 is 92.7 Å². The Morgan fingerprint density at radius 3 is 1.83 bits per heavy atom. The number of aliphatic hydroxyl groups excluding tert-OH is 7. The van der Waals surface area contributed by atoms with E-state index in [0.717, 1.165) is 51.4 Å². The van der Waals surface area contributed by atoms with Crippen LogP contribution in [0.2, 0.25) is 0 Å². The summed E-state index contributed by atoms with van der Waals surface area (Å²) in [5.74, 6) is -0.987. The Bertz CT molecular complexity index is 1020. The van der Waals surface area contributed by atoms with Gasteiger partial charge >= 0.3 is 11.9 Å². The van der Waals surface area contributed by atoms with E-state index in [1.54, 1.807) is 0 Å². The summed E-state index contributed by atoms with van der Waals surface area (Å²) in [6.07, 6.45) is 3.80. The van der Waals surface area contributed by atoms with Gasteiger partial charge in [-0.3, -0.25) is 9.59 Å². The number of aliphatic hydroxyl groups is 7. The summed E-state index contributed by atoms with van der Waals surface area (Å²) in [5, 5.41) is 71.2. The van der Waals surface area contributed by atoms with Gasteiger partial charge in [0.05, 0.1) is 19.8 Å². The quantitative estimate of drug-likeness (QED) is 0.0379. The van der Waals surface area contributed by atoms with E-state index in [4.69, 9.17) is 28.4 Å². The summed E-state index contributed by atoms with van der Waals surface area (Å²) in [7, 11) is 0. The number of hydrogen-bond acceptors (Lipinski definition) is 15. The second kappa shape index (κ2) is 26.7. The maximum absolute atomic E-state index is 12.7. The lowest BCUT2D eigenvalue weighted by molar-refractivity contribution is -0.332. The van der Waals surface area contributed by atoms with Gasteiger partial charge in [0.25, 0.3) is 0 Å². The lowest BCUT2D eigenvalue weighted by Crippen LogP contribution is -2.61. The maximum Gasteiger partial charge on any atom is 0.306 e. The Morgan fingerprint density at radius 1 is 0.615 bits per heavy atom. The van der Waals surface area contributed by atoms with Gasteiger partial charge in [-0.15, -0.1) is 0 Å². The van der Waals surface area contributed by atoms with Gasteiger partial charge < -0.3 is 64.2 Å². The fraction of sp³-hybridized carbons (Fsp3) is 0.838. The molecule has 7 N–H and O–H groups in total. The molecule has 11 atom stereocenters. The molecule has 0 aliphatic carbocycles. The van der Waals surface area contributed by atoms with Crippen LogP contribution in [0, 0.1) is 0 Å². The first kappa shape index (κ1) is 46.1. The molecular formula is C37H64O15. The molecule has 0 saturated carbocycles. The van der Waals surface area contributed by atoms with Crippen molar-refractivity contribution in [1.82, 2.24) is 0 Å². The highest BCUT2D eigenvalue weighted by molar-refractivity contribution is 5.70. The van der Waals surface area contributed by atoms with Crippen molar-refractivity contribution in [3.63, 3.8) is 0 Å². The first-order valence-electron chi connectivity index (χ1n) is 18.9. The third kappa shape index (κ3) is 17.0. The van der Waals surface area contributed by atoms with Crippen molar-refractivity contribution in [3.05, 3.63) is 24.3 Å². The zero-order chi connectivity index (χ0) is 38.3. The average molecular weight is 749 g/mol. The fourth-order valence-electron chi connectivity index (χ4n) is 5.62. The summed E-state index contributed by atoms with van der Waals surface area (Å²) in [6, 6.07) is 0. The van der Waals surface area contributed by atoms with Gasteiger partial charge in [-0.1, -0.05) is 76.7 Å². The van der Waals surface area contributed by atoms with Crippen molar-refractivity contribution in [2.45, 2.75) is 171 Å². The molecule has 0 aromatic carbocycles. The second-order valence-electron chi connectivity index (χ2n) is 13.4. The molecule has 0 spiro atoms. The molecule has 2 aliphatic rings. The minimum Gasteiger partial charge on any atom is -0.462 e. The molecule has 11 unspecified atom stereocenters.